The van der Waals surface area contributed by atoms with Crippen LogP contribution < -0.4 is 14.8 Å². The number of hydrogen-bond acceptors (Lipinski definition) is 7. The Hall–Kier alpha value is -2.94. The molecular formula is C24H27N3O4S. The number of aromatic nitrogens is 1. The number of carbonyl (C=O) groups is 1. The minimum atomic E-state index is -0.158. The van der Waals surface area contributed by atoms with Gasteiger partial charge in [0, 0.05) is 36.6 Å². The first-order valence-electron chi connectivity index (χ1n) is 10.5. The second-order valence-electron chi connectivity index (χ2n) is 7.52. The van der Waals surface area contributed by atoms with Gasteiger partial charge in [-0.05, 0) is 17.7 Å². The van der Waals surface area contributed by atoms with Crippen LogP contribution in [-0.2, 0) is 22.5 Å². The number of anilines is 1. The van der Waals surface area contributed by atoms with E-state index >= 15 is 0 Å². The Morgan fingerprint density at radius 1 is 1.12 bits per heavy atom. The lowest BCUT2D eigenvalue weighted by atomic mass is 10.1. The van der Waals surface area contributed by atoms with Crippen LogP contribution in [0.1, 0.15) is 11.3 Å². The molecule has 1 fully saturated rings. The highest BCUT2D eigenvalue weighted by atomic mass is 32.1. The molecule has 8 heteroatoms. The standard InChI is InChI=1S/C24H27N3O4S/c1-29-20-7-8-22(30-2)21(14-20)26-23(28)13-19-16-32-24(25-19)18-5-3-17(4-6-18)15-27-9-11-31-12-10-27/h3-8,14,16H,9-13,15H2,1-2H3,(H,26,28). The summed E-state index contributed by atoms with van der Waals surface area (Å²) < 4.78 is 16.0. The first-order chi connectivity index (χ1) is 15.6. The van der Waals surface area contributed by atoms with E-state index in [9.17, 15) is 4.79 Å². The topological polar surface area (TPSA) is 72.9 Å². The summed E-state index contributed by atoms with van der Waals surface area (Å²) in [6.45, 7) is 4.49. The van der Waals surface area contributed by atoms with Crippen LogP contribution >= 0.6 is 11.3 Å². The average molecular weight is 454 g/mol. The van der Waals surface area contributed by atoms with Gasteiger partial charge in [-0.25, -0.2) is 4.98 Å². The van der Waals surface area contributed by atoms with Crippen LogP contribution in [0, 0.1) is 0 Å². The molecule has 168 valence electrons. The fourth-order valence-electron chi connectivity index (χ4n) is 3.56. The Kier molecular flexibility index (Phi) is 7.36. The monoisotopic (exact) mass is 453 g/mol. The van der Waals surface area contributed by atoms with E-state index in [1.165, 1.54) is 5.56 Å². The summed E-state index contributed by atoms with van der Waals surface area (Å²) in [7, 11) is 3.15. The van der Waals surface area contributed by atoms with Crippen molar-refractivity contribution in [1.82, 2.24) is 9.88 Å². The fourth-order valence-corrected chi connectivity index (χ4v) is 4.39. The molecule has 0 saturated carbocycles. The van der Waals surface area contributed by atoms with Crippen LogP contribution in [0.3, 0.4) is 0 Å². The number of thiazole rings is 1. The van der Waals surface area contributed by atoms with E-state index in [-0.39, 0.29) is 12.3 Å². The summed E-state index contributed by atoms with van der Waals surface area (Å²) in [5.74, 6) is 1.07. The molecule has 1 aliphatic rings. The molecule has 4 rings (SSSR count). The van der Waals surface area contributed by atoms with E-state index < -0.39 is 0 Å². The Morgan fingerprint density at radius 2 is 1.91 bits per heavy atom. The maximum absolute atomic E-state index is 12.6. The molecule has 0 atom stereocenters. The number of carbonyl (C=O) groups excluding carboxylic acids is 1. The van der Waals surface area contributed by atoms with Crippen molar-refractivity contribution in [1.29, 1.82) is 0 Å². The third kappa shape index (κ3) is 5.64. The highest BCUT2D eigenvalue weighted by Crippen LogP contribution is 2.29. The molecule has 32 heavy (non-hydrogen) atoms. The highest BCUT2D eigenvalue weighted by Gasteiger charge is 2.14. The second kappa shape index (κ2) is 10.6. The zero-order valence-corrected chi connectivity index (χ0v) is 19.1. The minimum absolute atomic E-state index is 0.158. The Bertz CT molecular complexity index is 1050. The van der Waals surface area contributed by atoms with Gasteiger partial charge in [0.05, 0.1) is 45.2 Å². The Balaban J connectivity index is 1.37. The van der Waals surface area contributed by atoms with E-state index in [1.54, 1.807) is 43.8 Å². The SMILES string of the molecule is COc1ccc(OC)c(NC(=O)Cc2csc(-c3ccc(CN4CCOCC4)cc3)n2)c1. The number of nitrogens with one attached hydrogen (secondary N) is 1. The summed E-state index contributed by atoms with van der Waals surface area (Å²) in [5.41, 5.74) is 3.64. The normalized spacial score (nSPS) is 14.2. The Morgan fingerprint density at radius 3 is 2.62 bits per heavy atom. The van der Waals surface area contributed by atoms with Crippen molar-refractivity contribution in [2.24, 2.45) is 0 Å². The molecule has 0 aliphatic carbocycles. The lowest BCUT2D eigenvalue weighted by molar-refractivity contribution is -0.115. The van der Waals surface area contributed by atoms with Gasteiger partial charge in [0.25, 0.3) is 0 Å². The quantitative estimate of drug-likeness (QED) is 0.559. The molecule has 7 nitrogen and oxygen atoms in total. The van der Waals surface area contributed by atoms with Crippen molar-refractivity contribution in [2.75, 3.05) is 45.8 Å². The van der Waals surface area contributed by atoms with E-state index in [0.717, 1.165) is 49.1 Å². The average Bonchev–Trinajstić information content (AvgIpc) is 3.28. The van der Waals surface area contributed by atoms with Crippen molar-refractivity contribution in [3.8, 4) is 22.1 Å². The molecule has 2 aromatic carbocycles. The third-order valence-corrected chi connectivity index (χ3v) is 6.23. The lowest BCUT2D eigenvalue weighted by Gasteiger charge is -2.26. The molecule has 1 saturated heterocycles. The van der Waals surface area contributed by atoms with E-state index in [0.29, 0.717) is 17.2 Å². The molecular weight excluding hydrogens is 426 g/mol. The summed E-state index contributed by atoms with van der Waals surface area (Å²) in [4.78, 5) is 19.6. The molecule has 0 spiro atoms. The predicted octanol–water partition coefficient (Wildman–Crippen LogP) is 3.84. The van der Waals surface area contributed by atoms with E-state index in [2.05, 4.69) is 39.5 Å². The molecule has 1 N–H and O–H groups in total. The van der Waals surface area contributed by atoms with Crippen LogP contribution in [-0.4, -0.2) is 56.3 Å². The molecule has 0 bridgehead atoms. The number of amides is 1. The van der Waals surface area contributed by atoms with Gasteiger partial charge >= 0.3 is 0 Å². The van der Waals surface area contributed by atoms with Gasteiger partial charge in [0.2, 0.25) is 5.91 Å². The highest BCUT2D eigenvalue weighted by molar-refractivity contribution is 7.13. The molecule has 3 aromatic rings. The third-order valence-electron chi connectivity index (χ3n) is 5.28. The van der Waals surface area contributed by atoms with Gasteiger partial charge < -0.3 is 19.5 Å². The van der Waals surface area contributed by atoms with Crippen molar-refractivity contribution in [2.45, 2.75) is 13.0 Å². The van der Waals surface area contributed by atoms with E-state index in [1.807, 2.05) is 5.38 Å². The lowest BCUT2D eigenvalue weighted by Crippen LogP contribution is -2.35. The molecule has 2 heterocycles. The van der Waals surface area contributed by atoms with Gasteiger partial charge in [-0.3, -0.25) is 9.69 Å². The number of rotatable bonds is 8. The first kappa shape index (κ1) is 22.3. The molecule has 1 amide bonds. The molecule has 1 aliphatic heterocycles. The molecule has 0 unspecified atom stereocenters. The van der Waals surface area contributed by atoms with Gasteiger partial charge in [-0.2, -0.15) is 0 Å². The first-order valence-corrected chi connectivity index (χ1v) is 11.4. The van der Waals surface area contributed by atoms with Gasteiger partial charge in [-0.15, -0.1) is 11.3 Å². The van der Waals surface area contributed by atoms with Crippen molar-refractivity contribution in [3.05, 3.63) is 59.1 Å². The molecule has 0 radical (unpaired) electrons. The zero-order valence-electron chi connectivity index (χ0n) is 18.3. The van der Waals surface area contributed by atoms with E-state index in [4.69, 9.17) is 14.2 Å². The number of morpholine rings is 1. The largest absolute Gasteiger partial charge is 0.497 e. The number of benzene rings is 2. The fraction of sp³-hybridized carbons (Fsp3) is 0.333. The number of hydrogen-bond donors (Lipinski definition) is 1. The summed E-state index contributed by atoms with van der Waals surface area (Å²) in [6.07, 6.45) is 0.186. The zero-order chi connectivity index (χ0) is 22.3. The maximum Gasteiger partial charge on any atom is 0.230 e. The second-order valence-corrected chi connectivity index (χ2v) is 8.38. The van der Waals surface area contributed by atoms with Crippen LogP contribution in [0.4, 0.5) is 5.69 Å². The van der Waals surface area contributed by atoms with Crippen LogP contribution in [0.25, 0.3) is 10.6 Å². The molecule has 1 aromatic heterocycles. The van der Waals surface area contributed by atoms with Crippen molar-refractivity contribution >= 4 is 22.9 Å². The van der Waals surface area contributed by atoms with Crippen LogP contribution in [0.5, 0.6) is 11.5 Å². The summed E-state index contributed by atoms with van der Waals surface area (Å²) in [6, 6.07) is 13.8. The predicted molar refractivity (Wildman–Crippen MR) is 126 cm³/mol. The minimum Gasteiger partial charge on any atom is -0.497 e. The maximum atomic E-state index is 12.6. The number of nitrogens with zero attached hydrogens (tertiary/aromatic N) is 2. The summed E-state index contributed by atoms with van der Waals surface area (Å²) >= 11 is 1.54. The number of methoxy groups -OCH3 is 2. The van der Waals surface area contributed by atoms with Gasteiger partial charge in [-0.1, -0.05) is 24.3 Å². The number of ether oxygens (including phenoxy) is 3. The van der Waals surface area contributed by atoms with Gasteiger partial charge in [0.1, 0.15) is 16.5 Å². The smallest absolute Gasteiger partial charge is 0.230 e. The van der Waals surface area contributed by atoms with Gasteiger partial charge in [0.15, 0.2) is 0 Å². The Labute approximate surface area is 191 Å². The van der Waals surface area contributed by atoms with Crippen molar-refractivity contribution in [3.63, 3.8) is 0 Å². The summed E-state index contributed by atoms with van der Waals surface area (Å²) in [5, 5.41) is 5.72. The van der Waals surface area contributed by atoms with Crippen LogP contribution in [0.2, 0.25) is 0 Å². The van der Waals surface area contributed by atoms with Crippen LogP contribution in [0.15, 0.2) is 47.8 Å². The van der Waals surface area contributed by atoms with Crippen molar-refractivity contribution < 1.29 is 19.0 Å².